The van der Waals surface area contributed by atoms with Crippen molar-refractivity contribution in [2.75, 3.05) is 0 Å². The second kappa shape index (κ2) is 6.07. The maximum absolute atomic E-state index is 11.8. The van der Waals surface area contributed by atoms with Crippen LogP contribution in [0.2, 0.25) is 0 Å². The summed E-state index contributed by atoms with van der Waals surface area (Å²) in [5.74, 6) is -0.146. The van der Waals surface area contributed by atoms with Crippen LogP contribution < -0.4 is 10.6 Å². The van der Waals surface area contributed by atoms with E-state index in [0.717, 1.165) is 12.8 Å². The lowest BCUT2D eigenvalue weighted by Crippen LogP contribution is -2.48. The van der Waals surface area contributed by atoms with Gasteiger partial charge < -0.3 is 15.4 Å². The minimum Gasteiger partial charge on any atom is -0.444 e. The van der Waals surface area contributed by atoms with E-state index >= 15 is 0 Å². The molecule has 5 nitrogen and oxygen atoms in total. The average Bonchev–Trinajstić information content (AvgIpc) is 2.66. The van der Waals surface area contributed by atoms with Crippen molar-refractivity contribution in [3.63, 3.8) is 0 Å². The molecule has 104 valence electrons. The molecule has 0 aromatic carbocycles. The van der Waals surface area contributed by atoms with Crippen LogP contribution >= 0.6 is 0 Å². The molecule has 0 spiro atoms. The van der Waals surface area contributed by atoms with Gasteiger partial charge in [0.15, 0.2) is 0 Å². The minimum absolute atomic E-state index is 0.146. The van der Waals surface area contributed by atoms with Gasteiger partial charge in [-0.1, -0.05) is 12.8 Å². The molecule has 1 atom stereocenters. The lowest BCUT2D eigenvalue weighted by molar-refractivity contribution is -0.123. The smallest absolute Gasteiger partial charge is 0.408 e. The standard InChI is InChI=1S/C13H24N2O3/c1-9(14-12(17)18-13(2,3)4)11(16)15-10-7-5-6-8-10/h9-10H,5-8H2,1-4H3,(H,14,17)(H,15,16)/t9-/m1/s1. The van der Waals surface area contributed by atoms with Gasteiger partial charge in [0.2, 0.25) is 5.91 Å². The molecule has 0 aromatic heterocycles. The Morgan fingerprint density at radius 1 is 1.22 bits per heavy atom. The summed E-state index contributed by atoms with van der Waals surface area (Å²) in [6, 6.07) is -0.305. The van der Waals surface area contributed by atoms with Gasteiger partial charge in [-0.25, -0.2) is 4.79 Å². The Morgan fingerprint density at radius 2 is 1.78 bits per heavy atom. The van der Waals surface area contributed by atoms with E-state index < -0.39 is 17.7 Å². The number of amides is 2. The van der Waals surface area contributed by atoms with Crippen LogP contribution in [0.3, 0.4) is 0 Å². The fraction of sp³-hybridized carbons (Fsp3) is 0.846. The normalized spacial score (nSPS) is 18.2. The van der Waals surface area contributed by atoms with Gasteiger partial charge in [-0.05, 0) is 40.5 Å². The highest BCUT2D eigenvalue weighted by Gasteiger charge is 2.23. The first-order valence-corrected chi connectivity index (χ1v) is 6.58. The summed E-state index contributed by atoms with van der Waals surface area (Å²) in [6.45, 7) is 7.02. The molecule has 0 radical (unpaired) electrons. The Hall–Kier alpha value is -1.26. The van der Waals surface area contributed by atoms with Crippen LogP contribution in [0.15, 0.2) is 0 Å². The summed E-state index contributed by atoms with van der Waals surface area (Å²) in [5, 5.41) is 5.47. The van der Waals surface area contributed by atoms with Gasteiger partial charge in [0.05, 0.1) is 0 Å². The monoisotopic (exact) mass is 256 g/mol. The molecular weight excluding hydrogens is 232 g/mol. The highest BCUT2D eigenvalue weighted by Crippen LogP contribution is 2.17. The number of ether oxygens (including phenoxy) is 1. The third-order valence-electron chi connectivity index (χ3n) is 2.83. The molecule has 2 amide bonds. The second-order valence-electron chi connectivity index (χ2n) is 5.86. The Bertz CT molecular complexity index is 304. The summed E-state index contributed by atoms with van der Waals surface area (Å²) in [7, 11) is 0. The van der Waals surface area contributed by atoms with E-state index in [2.05, 4.69) is 10.6 Å². The van der Waals surface area contributed by atoms with Gasteiger partial charge in [-0.15, -0.1) is 0 Å². The van der Waals surface area contributed by atoms with Crippen LogP contribution in [0.25, 0.3) is 0 Å². The van der Waals surface area contributed by atoms with E-state index in [-0.39, 0.29) is 11.9 Å². The molecule has 5 heteroatoms. The predicted molar refractivity (Wildman–Crippen MR) is 69.2 cm³/mol. The molecule has 0 aromatic rings. The molecule has 2 N–H and O–H groups in total. The van der Waals surface area contributed by atoms with Gasteiger partial charge in [0.1, 0.15) is 11.6 Å². The zero-order valence-electron chi connectivity index (χ0n) is 11.7. The Morgan fingerprint density at radius 3 is 2.28 bits per heavy atom. The van der Waals surface area contributed by atoms with Crippen molar-refractivity contribution in [2.24, 2.45) is 0 Å². The summed E-state index contributed by atoms with van der Waals surface area (Å²) in [6.07, 6.45) is 3.84. The van der Waals surface area contributed by atoms with Crippen LogP contribution in [-0.4, -0.2) is 29.7 Å². The van der Waals surface area contributed by atoms with E-state index in [0.29, 0.717) is 0 Å². The Balaban J connectivity index is 2.32. The van der Waals surface area contributed by atoms with E-state index in [1.54, 1.807) is 27.7 Å². The molecule has 0 aliphatic heterocycles. The van der Waals surface area contributed by atoms with Crippen molar-refractivity contribution in [1.82, 2.24) is 10.6 Å². The van der Waals surface area contributed by atoms with Crippen LogP contribution in [0.1, 0.15) is 53.4 Å². The van der Waals surface area contributed by atoms with Gasteiger partial charge in [0, 0.05) is 6.04 Å². The molecule has 1 aliphatic carbocycles. The molecule has 1 saturated carbocycles. The largest absolute Gasteiger partial charge is 0.444 e. The van der Waals surface area contributed by atoms with Gasteiger partial charge in [-0.3, -0.25) is 4.79 Å². The number of hydrogen-bond acceptors (Lipinski definition) is 3. The number of rotatable bonds is 3. The maximum Gasteiger partial charge on any atom is 0.408 e. The topological polar surface area (TPSA) is 67.4 Å². The van der Waals surface area contributed by atoms with Crippen molar-refractivity contribution in [1.29, 1.82) is 0 Å². The fourth-order valence-electron chi connectivity index (χ4n) is 1.95. The van der Waals surface area contributed by atoms with E-state index in [1.807, 2.05) is 0 Å². The third kappa shape index (κ3) is 5.38. The van der Waals surface area contributed by atoms with Crippen molar-refractivity contribution >= 4 is 12.0 Å². The molecule has 1 aliphatic rings. The number of carbonyl (C=O) groups excluding carboxylic acids is 2. The average molecular weight is 256 g/mol. The first kappa shape index (κ1) is 14.8. The highest BCUT2D eigenvalue weighted by atomic mass is 16.6. The van der Waals surface area contributed by atoms with E-state index in [1.165, 1.54) is 12.8 Å². The molecule has 1 rings (SSSR count). The van der Waals surface area contributed by atoms with Crippen molar-refractivity contribution in [2.45, 2.75) is 71.1 Å². The van der Waals surface area contributed by atoms with Crippen molar-refractivity contribution in [3.05, 3.63) is 0 Å². The van der Waals surface area contributed by atoms with Crippen LogP contribution in [0.5, 0.6) is 0 Å². The van der Waals surface area contributed by atoms with Crippen molar-refractivity contribution < 1.29 is 14.3 Å². The molecule has 0 unspecified atom stereocenters. The van der Waals surface area contributed by atoms with E-state index in [4.69, 9.17) is 4.74 Å². The quantitative estimate of drug-likeness (QED) is 0.811. The second-order valence-corrected chi connectivity index (χ2v) is 5.86. The highest BCUT2D eigenvalue weighted by molar-refractivity contribution is 5.85. The van der Waals surface area contributed by atoms with Gasteiger partial charge in [-0.2, -0.15) is 0 Å². The fourth-order valence-corrected chi connectivity index (χ4v) is 1.95. The Kier molecular flexibility index (Phi) is 4.99. The molecule has 1 fully saturated rings. The van der Waals surface area contributed by atoms with Crippen LogP contribution in [0.4, 0.5) is 4.79 Å². The first-order chi connectivity index (χ1) is 8.28. The molecule has 0 heterocycles. The number of hydrogen-bond donors (Lipinski definition) is 2. The SMILES string of the molecule is C[C@@H](NC(=O)OC(C)(C)C)C(=O)NC1CCCC1. The molecule has 18 heavy (non-hydrogen) atoms. The first-order valence-electron chi connectivity index (χ1n) is 6.58. The Labute approximate surface area is 109 Å². The van der Waals surface area contributed by atoms with E-state index in [9.17, 15) is 9.59 Å². The number of alkyl carbamates (subject to hydrolysis) is 1. The number of nitrogens with one attached hydrogen (secondary N) is 2. The predicted octanol–water partition coefficient (Wildman–Crippen LogP) is 1.96. The summed E-state index contributed by atoms with van der Waals surface area (Å²) in [5.41, 5.74) is -0.550. The lowest BCUT2D eigenvalue weighted by atomic mass is 10.2. The minimum atomic E-state index is -0.569. The zero-order chi connectivity index (χ0) is 13.8. The van der Waals surface area contributed by atoms with Crippen molar-refractivity contribution in [3.8, 4) is 0 Å². The van der Waals surface area contributed by atoms with Crippen LogP contribution in [-0.2, 0) is 9.53 Å². The zero-order valence-corrected chi connectivity index (χ0v) is 11.7. The third-order valence-corrected chi connectivity index (χ3v) is 2.83. The number of carbonyl (C=O) groups is 2. The van der Waals surface area contributed by atoms with Gasteiger partial charge in [0.25, 0.3) is 0 Å². The van der Waals surface area contributed by atoms with Crippen LogP contribution in [0, 0.1) is 0 Å². The summed E-state index contributed by atoms with van der Waals surface area (Å²) < 4.78 is 5.10. The molecule has 0 saturated heterocycles. The van der Waals surface area contributed by atoms with Gasteiger partial charge >= 0.3 is 6.09 Å². The lowest BCUT2D eigenvalue weighted by Gasteiger charge is -2.22. The molecular formula is C13H24N2O3. The molecule has 0 bridgehead atoms. The maximum atomic E-state index is 11.8. The summed E-state index contributed by atoms with van der Waals surface area (Å²) >= 11 is 0. The summed E-state index contributed by atoms with van der Waals surface area (Å²) in [4.78, 5) is 23.3.